The van der Waals surface area contributed by atoms with Crippen LogP contribution in [0.3, 0.4) is 0 Å². The Balaban J connectivity index is 1.77. The summed E-state index contributed by atoms with van der Waals surface area (Å²) in [5.74, 6) is 1.19. The van der Waals surface area contributed by atoms with Crippen molar-refractivity contribution in [3.05, 3.63) is 23.0 Å². The first kappa shape index (κ1) is 20.1. The van der Waals surface area contributed by atoms with E-state index < -0.39 is 10.0 Å². The third kappa shape index (κ3) is 6.20. The molecule has 0 bridgehead atoms. The Morgan fingerprint density at radius 1 is 1.48 bits per heavy atom. The molecule has 1 saturated carbocycles. The lowest BCUT2D eigenvalue weighted by Gasteiger charge is -2.25. The van der Waals surface area contributed by atoms with Gasteiger partial charge in [-0.2, -0.15) is 0 Å². The quantitative estimate of drug-likeness (QED) is 0.520. The van der Waals surface area contributed by atoms with Gasteiger partial charge >= 0.3 is 0 Å². The summed E-state index contributed by atoms with van der Waals surface area (Å²) in [6.45, 7) is 1.49. The fourth-order valence-electron chi connectivity index (χ4n) is 2.74. The van der Waals surface area contributed by atoms with Gasteiger partial charge in [0, 0.05) is 46.1 Å². The molecule has 0 amide bonds. The van der Waals surface area contributed by atoms with Crippen LogP contribution in [0.2, 0.25) is 5.02 Å². The Morgan fingerprint density at radius 2 is 2.20 bits per heavy atom. The van der Waals surface area contributed by atoms with Gasteiger partial charge in [0.15, 0.2) is 5.96 Å². The highest BCUT2D eigenvalue weighted by atomic mass is 35.5. The molecule has 0 unspecified atom stereocenters. The molecule has 0 aliphatic heterocycles. The minimum Gasteiger partial charge on any atom is -0.355 e. The van der Waals surface area contributed by atoms with Gasteiger partial charge in [-0.05, 0) is 24.8 Å². The molecule has 1 aromatic heterocycles. The zero-order valence-electron chi connectivity index (χ0n) is 15.1. The maximum absolute atomic E-state index is 12.0. The van der Waals surface area contributed by atoms with E-state index in [0.717, 1.165) is 18.5 Å². The van der Waals surface area contributed by atoms with E-state index in [-0.39, 0.29) is 5.75 Å². The van der Waals surface area contributed by atoms with Gasteiger partial charge in [-0.1, -0.05) is 18.0 Å². The highest BCUT2D eigenvalue weighted by Crippen LogP contribution is 2.25. The number of aromatic nitrogens is 1. The number of hydrogen-bond acceptors (Lipinski definition) is 3. The van der Waals surface area contributed by atoms with E-state index in [9.17, 15) is 8.42 Å². The maximum atomic E-state index is 12.0. The second kappa shape index (κ2) is 8.91. The Labute approximate surface area is 155 Å². The summed E-state index contributed by atoms with van der Waals surface area (Å²) in [4.78, 5) is 6.14. The van der Waals surface area contributed by atoms with Crippen molar-refractivity contribution < 1.29 is 8.42 Å². The lowest BCUT2D eigenvalue weighted by molar-refractivity contribution is 0.316. The first-order valence-corrected chi connectivity index (χ1v) is 10.5. The topological polar surface area (TPSA) is 78.7 Å². The number of aliphatic imine (C=N–C) groups is 1. The van der Waals surface area contributed by atoms with Gasteiger partial charge in [-0.25, -0.2) is 13.1 Å². The number of guanidine groups is 1. The van der Waals surface area contributed by atoms with Crippen molar-refractivity contribution >= 4 is 27.6 Å². The van der Waals surface area contributed by atoms with Crippen LogP contribution in [0.15, 0.2) is 17.3 Å². The summed E-state index contributed by atoms with van der Waals surface area (Å²) in [5, 5.41) is 3.79. The van der Waals surface area contributed by atoms with E-state index in [4.69, 9.17) is 11.6 Å². The SMILES string of the molecule is CN=C(NCCS(=O)(=O)NCC1CCC1)N(C)Cc1cc(Cl)cn1C. The Morgan fingerprint density at radius 3 is 2.72 bits per heavy atom. The van der Waals surface area contributed by atoms with Gasteiger partial charge in [0.25, 0.3) is 0 Å². The highest BCUT2D eigenvalue weighted by Gasteiger charge is 2.20. The molecule has 1 aliphatic carbocycles. The average Bonchev–Trinajstić information content (AvgIpc) is 2.79. The summed E-state index contributed by atoms with van der Waals surface area (Å²) < 4.78 is 28.7. The summed E-state index contributed by atoms with van der Waals surface area (Å²) in [6, 6.07) is 1.90. The predicted octanol–water partition coefficient (Wildman–Crippen LogP) is 1.41. The van der Waals surface area contributed by atoms with E-state index in [1.165, 1.54) is 6.42 Å². The van der Waals surface area contributed by atoms with Crippen LogP contribution >= 0.6 is 11.6 Å². The number of hydrogen-bond donors (Lipinski definition) is 2. The molecule has 0 atom stereocenters. The summed E-state index contributed by atoms with van der Waals surface area (Å²) >= 11 is 6.00. The van der Waals surface area contributed by atoms with E-state index in [0.29, 0.717) is 36.5 Å². The van der Waals surface area contributed by atoms with Crippen molar-refractivity contribution in [2.24, 2.45) is 18.0 Å². The zero-order chi connectivity index (χ0) is 18.4. The fourth-order valence-corrected chi connectivity index (χ4v) is 4.01. The zero-order valence-corrected chi connectivity index (χ0v) is 16.7. The molecule has 0 radical (unpaired) electrons. The molecule has 142 valence electrons. The van der Waals surface area contributed by atoms with Gasteiger partial charge in [-0.15, -0.1) is 0 Å². The van der Waals surface area contributed by atoms with Gasteiger partial charge < -0.3 is 14.8 Å². The van der Waals surface area contributed by atoms with E-state index >= 15 is 0 Å². The van der Waals surface area contributed by atoms with Crippen LogP contribution in [0.25, 0.3) is 0 Å². The molecule has 25 heavy (non-hydrogen) atoms. The lowest BCUT2D eigenvalue weighted by atomic mass is 9.86. The number of rotatable bonds is 8. The van der Waals surface area contributed by atoms with Crippen LogP contribution in [0.4, 0.5) is 0 Å². The number of halogens is 1. The maximum Gasteiger partial charge on any atom is 0.213 e. The Hall–Kier alpha value is -1.25. The van der Waals surface area contributed by atoms with E-state index in [1.54, 1.807) is 7.05 Å². The van der Waals surface area contributed by atoms with Crippen LogP contribution in [-0.2, 0) is 23.6 Å². The smallest absolute Gasteiger partial charge is 0.213 e. The van der Waals surface area contributed by atoms with Crippen molar-refractivity contribution in [3.8, 4) is 0 Å². The van der Waals surface area contributed by atoms with Crippen LogP contribution in [0.5, 0.6) is 0 Å². The molecular formula is C16H28ClN5O2S. The molecule has 0 saturated heterocycles. The molecule has 1 aliphatic rings. The first-order chi connectivity index (χ1) is 11.8. The van der Waals surface area contributed by atoms with Crippen molar-refractivity contribution in [1.29, 1.82) is 0 Å². The molecule has 1 heterocycles. The third-order valence-corrected chi connectivity index (χ3v) is 6.07. The normalized spacial score (nSPS) is 15.9. The monoisotopic (exact) mass is 389 g/mol. The first-order valence-electron chi connectivity index (χ1n) is 8.50. The minimum atomic E-state index is -3.25. The molecule has 2 rings (SSSR count). The van der Waals surface area contributed by atoms with Crippen LogP contribution < -0.4 is 10.0 Å². The minimum absolute atomic E-state index is 0.0303. The average molecular weight is 390 g/mol. The Bertz CT molecular complexity index is 697. The van der Waals surface area contributed by atoms with Crippen molar-refractivity contribution in [2.45, 2.75) is 25.8 Å². The molecular weight excluding hydrogens is 362 g/mol. The van der Waals surface area contributed by atoms with Crippen molar-refractivity contribution in [1.82, 2.24) is 19.5 Å². The lowest BCUT2D eigenvalue weighted by Crippen LogP contribution is -2.42. The molecule has 2 N–H and O–H groups in total. The predicted molar refractivity (Wildman–Crippen MR) is 102 cm³/mol. The van der Waals surface area contributed by atoms with Gasteiger partial charge in [0.2, 0.25) is 10.0 Å². The Kier molecular flexibility index (Phi) is 7.15. The summed E-state index contributed by atoms with van der Waals surface area (Å²) in [7, 11) is 2.27. The van der Waals surface area contributed by atoms with Gasteiger partial charge in [0.1, 0.15) is 0 Å². The molecule has 1 fully saturated rings. The standard InChI is InChI=1S/C16H28ClN5O2S/c1-18-16(22(3)12-15-9-14(17)11-21(15)2)19-7-8-25(23,24)20-10-13-5-4-6-13/h9,11,13,20H,4-8,10,12H2,1-3H3,(H,18,19). The summed E-state index contributed by atoms with van der Waals surface area (Å²) in [5.41, 5.74) is 1.05. The largest absolute Gasteiger partial charge is 0.355 e. The van der Waals surface area contributed by atoms with Crippen LogP contribution in [0.1, 0.15) is 25.0 Å². The van der Waals surface area contributed by atoms with Gasteiger partial charge in [-0.3, -0.25) is 4.99 Å². The molecule has 9 heteroatoms. The second-order valence-corrected chi connectivity index (χ2v) is 8.92. The molecule has 0 aromatic carbocycles. The van der Waals surface area contributed by atoms with Crippen molar-refractivity contribution in [2.75, 3.05) is 32.9 Å². The molecule has 1 aromatic rings. The van der Waals surface area contributed by atoms with Crippen molar-refractivity contribution in [3.63, 3.8) is 0 Å². The third-order valence-electron chi connectivity index (χ3n) is 4.52. The molecule has 0 spiro atoms. The number of nitrogens with zero attached hydrogens (tertiary/aromatic N) is 3. The van der Waals surface area contributed by atoms with Crippen LogP contribution in [-0.4, -0.2) is 56.8 Å². The molecule has 7 nitrogen and oxygen atoms in total. The van der Waals surface area contributed by atoms with E-state index in [1.807, 2.05) is 35.8 Å². The highest BCUT2D eigenvalue weighted by molar-refractivity contribution is 7.89. The number of aryl methyl sites for hydroxylation is 1. The number of sulfonamides is 1. The second-order valence-electron chi connectivity index (χ2n) is 6.55. The van der Waals surface area contributed by atoms with Gasteiger partial charge in [0.05, 0.1) is 17.3 Å². The van der Waals surface area contributed by atoms with E-state index in [2.05, 4.69) is 15.0 Å². The number of nitrogens with one attached hydrogen (secondary N) is 2. The fraction of sp³-hybridized carbons (Fsp3) is 0.688. The summed E-state index contributed by atoms with van der Waals surface area (Å²) in [6.07, 6.45) is 5.31. The van der Waals surface area contributed by atoms with Crippen LogP contribution in [0, 0.1) is 5.92 Å².